The molecular formula is C20H16N4O5S2. The second kappa shape index (κ2) is 9.32. The molecule has 0 aromatic heterocycles. The van der Waals surface area contributed by atoms with Crippen LogP contribution >= 0.6 is 12.2 Å². The zero-order valence-electron chi connectivity index (χ0n) is 15.8. The third-order valence-corrected chi connectivity index (χ3v) is 5.62. The normalized spacial score (nSPS) is 10.7. The number of sulfonamides is 1. The van der Waals surface area contributed by atoms with Crippen LogP contribution in [0.4, 0.5) is 17.1 Å². The molecule has 3 N–H and O–H groups in total. The lowest BCUT2D eigenvalue weighted by Crippen LogP contribution is -2.34. The lowest BCUT2D eigenvalue weighted by Gasteiger charge is -2.11. The number of nitro groups is 1. The fourth-order valence-electron chi connectivity index (χ4n) is 2.60. The van der Waals surface area contributed by atoms with Crippen molar-refractivity contribution in [1.82, 2.24) is 5.32 Å². The number of para-hydroxylation sites is 2. The van der Waals surface area contributed by atoms with Crippen LogP contribution in [-0.4, -0.2) is 24.4 Å². The van der Waals surface area contributed by atoms with Crippen molar-refractivity contribution in [3.63, 3.8) is 0 Å². The predicted octanol–water partition coefficient (Wildman–Crippen LogP) is 3.52. The summed E-state index contributed by atoms with van der Waals surface area (Å²) in [5.41, 5.74) is 0.378. The van der Waals surface area contributed by atoms with Gasteiger partial charge in [0, 0.05) is 17.4 Å². The van der Waals surface area contributed by atoms with Gasteiger partial charge in [0.25, 0.3) is 21.6 Å². The summed E-state index contributed by atoms with van der Waals surface area (Å²) < 4.78 is 27.4. The first-order chi connectivity index (χ1) is 14.8. The summed E-state index contributed by atoms with van der Waals surface area (Å²) in [4.78, 5) is 22.7. The van der Waals surface area contributed by atoms with Gasteiger partial charge in [0.1, 0.15) is 5.56 Å². The third-order valence-electron chi connectivity index (χ3n) is 4.02. The van der Waals surface area contributed by atoms with Crippen LogP contribution in [0, 0.1) is 10.1 Å². The van der Waals surface area contributed by atoms with Crippen LogP contribution in [0.1, 0.15) is 10.4 Å². The summed E-state index contributed by atoms with van der Waals surface area (Å²) in [7, 11) is -3.77. The Hall–Kier alpha value is -3.83. The molecule has 1 amide bonds. The number of hydrogen-bond acceptors (Lipinski definition) is 6. The Morgan fingerprint density at radius 2 is 1.48 bits per heavy atom. The summed E-state index contributed by atoms with van der Waals surface area (Å²) >= 11 is 5.07. The van der Waals surface area contributed by atoms with E-state index in [1.54, 1.807) is 30.3 Å². The lowest BCUT2D eigenvalue weighted by molar-refractivity contribution is -0.385. The van der Waals surface area contributed by atoms with Gasteiger partial charge in [-0.15, -0.1) is 0 Å². The summed E-state index contributed by atoms with van der Waals surface area (Å²) in [6.07, 6.45) is 0. The van der Waals surface area contributed by atoms with Crippen LogP contribution in [0.3, 0.4) is 0 Å². The van der Waals surface area contributed by atoms with E-state index in [1.165, 1.54) is 48.5 Å². The monoisotopic (exact) mass is 456 g/mol. The van der Waals surface area contributed by atoms with E-state index in [-0.39, 0.29) is 21.3 Å². The Balaban J connectivity index is 1.65. The molecule has 0 saturated heterocycles. The smallest absolute Gasteiger partial charge is 0.282 e. The van der Waals surface area contributed by atoms with Gasteiger partial charge in [-0.1, -0.05) is 30.3 Å². The SMILES string of the molecule is O=C(NC(=S)Nc1ccc(S(=O)(=O)Nc2ccccc2)cc1)c1ccccc1[N+](=O)[O-]. The Kier molecular flexibility index (Phi) is 6.58. The number of nitro benzene ring substituents is 1. The average Bonchev–Trinajstić information content (AvgIpc) is 2.74. The molecule has 158 valence electrons. The Morgan fingerprint density at radius 3 is 2.13 bits per heavy atom. The first-order valence-electron chi connectivity index (χ1n) is 8.80. The Labute approximate surface area is 183 Å². The van der Waals surface area contributed by atoms with Crippen molar-refractivity contribution in [2.45, 2.75) is 4.90 Å². The molecule has 0 aliphatic heterocycles. The van der Waals surface area contributed by atoms with Gasteiger partial charge in [0.2, 0.25) is 0 Å². The first kappa shape index (κ1) is 21.9. The summed E-state index contributed by atoms with van der Waals surface area (Å²) in [5.74, 6) is -0.740. The minimum absolute atomic E-state index is 0.0387. The van der Waals surface area contributed by atoms with Crippen LogP contribution in [0.2, 0.25) is 0 Å². The summed E-state index contributed by atoms with van der Waals surface area (Å²) in [6, 6.07) is 19.6. The van der Waals surface area contributed by atoms with Gasteiger partial charge >= 0.3 is 0 Å². The molecular weight excluding hydrogens is 440 g/mol. The maximum absolute atomic E-state index is 12.5. The molecule has 0 radical (unpaired) electrons. The number of carbonyl (C=O) groups excluding carboxylic acids is 1. The van der Waals surface area contributed by atoms with E-state index >= 15 is 0 Å². The molecule has 0 saturated carbocycles. The lowest BCUT2D eigenvalue weighted by atomic mass is 10.1. The number of hydrogen-bond donors (Lipinski definition) is 3. The number of thiocarbonyl (C=S) groups is 1. The second-order valence-electron chi connectivity index (χ2n) is 6.18. The molecule has 0 aliphatic carbocycles. The quantitative estimate of drug-likeness (QED) is 0.294. The molecule has 9 nitrogen and oxygen atoms in total. The number of nitrogens with one attached hydrogen (secondary N) is 3. The average molecular weight is 457 g/mol. The van der Waals surface area contributed by atoms with Crippen molar-refractivity contribution in [3.8, 4) is 0 Å². The number of nitrogens with zero attached hydrogens (tertiary/aromatic N) is 1. The number of amides is 1. The van der Waals surface area contributed by atoms with E-state index in [2.05, 4.69) is 15.4 Å². The van der Waals surface area contributed by atoms with Crippen LogP contribution < -0.4 is 15.4 Å². The number of anilines is 2. The maximum atomic E-state index is 12.5. The topological polar surface area (TPSA) is 130 Å². The fourth-order valence-corrected chi connectivity index (χ4v) is 3.86. The van der Waals surface area contributed by atoms with Crippen molar-refractivity contribution in [2.75, 3.05) is 10.0 Å². The molecule has 0 bridgehead atoms. The van der Waals surface area contributed by atoms with Gasteiger partial charge in [0.05, 0.1) is 9.82 Å². The van der Waals surface area contributed by atoms with Crippen LogP contribution in [0.25, 0.3) is 0 Å². The van der Waals surface area contributed by atoms with Crippen molar-refractivity contribution >= 4 is 50.3 Å². The largest absolute Gasteiger partial charge is 0.332 e. The zero-order chi connectivity index (χ0) is 22.4. The van der Waals surface area contributed by atoms with Gasteiger partial charge in [-0.25, -0.2) is 8.42 Å². The van der Waals surface area contributed by atoms with Crippen LogP contribution in [0.15, 0.2) is 83.8 Å². The van der Waals surface area contributed by atoms with E-state index in [0.29, 0.717) is 11.4 Å². The number of rotatable bonds is 6. The highest BCUT2D eigenvalue weighted by molar-refractivity contribution is 7.92. The molecule has 11 heteroatoms. The van der Waals surface area contributed by atoms with Gasteiger partial charge in [0.15, 0.2) is 5.11 Å². The maximum Gasteiger partial charge on any atom is 0.282 e. The van der Waals surface area contributed by atoms with Crippen molar-refractivity contribution < 1.29 is 18.1 Å². The molecule has 0 heterocycles. The molecule has 0 spiro atoms. The van der Waals surface area contributed by atoms with Gasteiger partial charge < -0.3 is 5.32 Å². The minimum atomic E-state index is -3.77. The Bertz CT molecular complexity index is 1230. The second-order valence-corrected chi connectivity index (χ2v) is 8.27. The van der Waals surface area contributed by atoms with Crippen molar-refractivity contribution in [1.29, 1.82) is 0 Å². The van der Waals surface area contributed by atoms with E-state index in [1.807, 2.05) is 0 Å². The molecule has 0 atom stereocenters. The molecule has 0 aliphatic rings. The van der Waals surface area contributed by atoms with Crippen LogP contribution in [0.5, 0.6) is 0 Å². The van der Waals surface area contributed by atoms with Crippen LogP contribution in [-0.2, 0) is 10.0 Å². The highest BCUT2D eigenvalue weighted by Gasteiger charge is 2.20. The third kappa shape index (κ3) is 5.62. The molecule has 3 rings (SSSR count). The number of carbonyl (C=O) groups is 1. The highest BCUT2D eigenvalue weighted by Crippen LogP contribution is 2.19. The Morgan fingerprint density at radius 1 is 0.871 bits per heavy atom. The summed E-state index contributed by atoms with van der Waals surface area (Å²) in [6.45, 7) is 0. The van der Waals surface area contributed by atoms with E-state index in [4.69, 9.17) is 12.2 Å². The fraction of sp³-hybridized carbons (Fsp3) is 0. The molecule has 0 unspecified atom stereocenters. The molecule has 0 fully saturated rings. The van der Waals surface area contributed by atoms with Crippen molar-refractivity contribution in [3.05, 3.63) is 94.5 Å². The highest BCUT2D eigenvalue weighted by atomic mass is 32.2. The predicted molar refractivity (Wildman–Crippen MR) is 120 cm³/mol. The van der Waals surface area contributed by atoms with E-state index in [9.17, 15) is 23.3 Å². The van der Waals surface area contributed by atoms with Crippen molar-refractivity contribution in [2.24, 2.45) is 0 Å². The summed E-state index contributed by atoms with van der Waals surface area (Å²) in [5, 5.41) is 16.1. The molecule has 31 heavy (non-hydrogen) atoms. The standard InChI is InChI=1S/C20H16N4O5S2/c25-19(17-8-4-5-9-18(17)24(26)27)22-20(30)21-14-10-12-16(13-11-14)31(28,29)23-15-6-2-1-3-7-15/h1-13,23H,(H2,21,22,25,30). The van der Waals surface area contributed by atoms with Gasteiger partial charge in [-0.05, 0) is 54.7 Å². The number of benzene rings is 3. The van der Waals surface area contributed by atoms with Gasteiger partial charge in [-0.3, -0.25) is 24.9 Å². The minimum Gasteiger partial charge on any atom is -0.332 e. The molecule has 3 aromatic rings. The van der Waals surface area contributed by atoms with E-state index < -0.39 is 20.9 Å². The first-order valence-corrected chi connectivity index (χ1v) is 10.7. The van der Waals surface area contributed by atoms with Gasteiger partial charge in [-0.2, -0.15) is 0 Å². The zero-order valence-corrected chi connectivity index (χ0v) is 17.4. The van der Waals surface area contributed by atoms with E-state index in [0.717, 1.165) is 0 Å². The molecule has 3 aromatic carbocycles.